The minimum Gasteiger partial charge on any atom is -0.465 e. The van der Waals surface area contributed by atoms with Crippen molar-refractivity contribution in [3.63, 3.8) is 0 Å². The van der Waals surface area contributed by atoms with E-state index in [1.165, 1.54) is 11.8 Å². The molecule has 0 aliphatic carbocycles. The molecular formula is C25H23ClN4O3S. The van der Waals surface area contributed by atoms with Crippen molar-refractivity contribution in [2.45, 2.75) is 25.2 Å². The Balaban J connectivity index is 1.30. The van der Waals surface area contributed by atoms with E-state index in [1.807, 2.05) is 54.1 Å². The number of furan rings is 1. The molecule has 4 rings (SSSR count). The van der Waals surface area contributed by atoms with Crippen LogP contribution in [0, 0.1) is 6.92 Å². The van der Waals surface area contributed by atoms with Gasteiger partial charge >= 0.3 is 0 Å². The van der Waals surface area contributed by atoms with E-state index >= 15 is 0 Å². The number of aromatic nitrogens is 2. The van der Waals surface area contributed by atoms with Crippen LogP contribution in [-0.2, 0) is 17.9 Å². The Morgan fingerprint density at radius 1 is 1.00 bits per heavy atom. The first-order chi connectivity index (χ1) is 16.5. The van der Waals surface area contributed by atoms with Crippen LogP contribution in [0.1, 0.15) is 27.4 Å². The lowest BCUT2D eigenvalue weighted by molar-refractivity contribution is -0.118. The molecule has 0 fully saturated rings. The molecule has 2 heterocycles. The first-order valence-electron chi connectivity index (χ1n) is 10.6. The van der Waals surface area contributed by atoms with Gasteiger partial charge in [-0.1, -0.05) is 35.5 Å². The molecule has 2 aromatic heterocycles. The molecule has 174 valence electrons. The molecule has 0 spiro atoms. The molecular weight excluding hydrogens is 472 g/mol. The summed E-state index contributed by atoms with van der Waals surface area (Å²) in [6, 6.07) is 18.3. The number of benzene rings is 2. The van der Waals surface area contributed by atoms with Gasteiger partial charge in [0.05, 0.1) is 12.3 Å². The van der Waals surface area contributed by atoms with Gasteiger partial charge in [0.25, 0.3) is 5.91 Å². The third-order valence-electron chi connectivity index (χ3n) is 4.97. The standard InChI is InChI=1S/C25H23ClN4O3S/c1-17-2-11-22(33-17)15-29-24(32)19-5-9-21(10-6-19)30-13-12-27-25(30)34-16-23(31)28-14-18-3-7-20(26)8-4-18/h2-13H,14-16H2,1H3,(H,28,31)(H,29,32). The molecule has 2 amide bonds. The van der Waals surface area contributed by atoms with Crippen LogP contribution in [0.15, 0.2) is 82.6 Å². The van der Waals surface area contributed by atoms with Crippen molar-refractivity contribution < 1.29 is 14.0 Å². The smallest absolute Gasteiger partial charge is 0.251 e. The average molecular weight is 495 g/mol. The van der Waals surface area contributed by atoms with Crippen LogP contribution < -0.4 is 10.6 Å². The monoisotopic (exact) mass is 494 g/mol. The lowest BCUT2D eigenvalue weighted by atomic mass is 10.2. The second-order valence-corrected chi connectivity index (χ2v) is 8.89. The summed E-state index contributed by atoms with van der Waals surface area (Å²) in [6.45, 7) is 2.63. The molecule has 0 saturated heterocycles. The van der Waals surface area contributed by atoms with Crippen molar-refractivity contribution in [1.82, 2.24) is 20.2 Å². The Kier molecular flexibility index (Phi) is 7.72. The normalized spacial score (nSPS) is 10.8. The number of nitrogens with one attached hydrogen (secondary N) is 2. The van der Waals surface area contributed by atoms with Crippen molar-refractivity contribution in [3.05, 3.63) is 101 Å². The van der Waals surface area contributed by atoms with Crippen LogP contribution in [0.5, 0.6) is 0 Å². The van der Waals surface area contributed by atoms with Crippen molar-refractivity contribution in [2.75, 3.05) is 5.75 Å². The molecule has 2 aromatic carbocycles. The molecule has 2 N–H and O–H groups in total. The highest BCUT2D eigenvalue weighted by Gasteiger charge is 2.11. The predicted octanol–water partition coefficient (Wildman–Crippen LogP) is 4.77. The van der Waals surface area contributed by atoms with Crippen molar-refractivity contribution in [2.24, 2.45) is 0 Å². The SMILES string of the molecule is Cc1ccc(CNC(=O)c2ccc(-n3ccnc3SCC(=O)NCc3ccc(Cl)cc3)cc2)o1. The number of aryl methyl sites for hydroxylation is 1. The van der Waals surface area contributed by atoms with Crippen LogP contribution in [0.4, 0.5) is 0 Å². The third-order valence-corrected chi connectivity index (χ3v) is 6.19. The average Bonchev–Trinajstić information content (AvgIpc) is 3.49. The van der Waals surface area contributed by atoms with Crippen LogP contribution in [0.3, 0.4) is 0 Å². The van der Waals surface area contributed by atoms with Crippen LogP contribution in [0.25, 0.3) is 5.69 Å². The number of thioether (sulfide) groups is 1. The minimum atomic E-state index is -0.182. The summed E-state index contributed by atoms with van der Waals surface area (Å²) in [7, 11) is 0. The van der Waals surface area contributed by atoms with Crippen molar-refractivity contribution in [1.29, 1.82) is 0 Å². The molecule has 0 unspecified atom stereocenters. The van der Waals surface area contributed by atoms with Crippen molar-refractivity contribution >= 4 is 35.2 Å². The molecule has 4 aromatic rings. The van der Waals surface area contributed by atoms with Gasteiger partial charge in [0.1, 0.15) is 11.5 Å². The number of carbonyl (C=O) groups is 2. The zero-order valence-corrected chi connectivity index (χ0v) is 20.0. The van der Waals surface area contributed by atoms with Gasteiger partial charge in [-0.15, -0.1) is 0 Å². The van der Waals surface area contributed by atoms with E-state index in [1.54, 1.807) is 30.5 Å². The van der Waals surface area contributed by atoms with Gasteiger partial charge in [-0.3, -0.25) is 14.2 Å². The quantitative estimate of drug-likeness (QED) is 0.327. The fraction of sp³-hybridized carbons (Fsp3) is 0.160. The molecule has 0 saturated carbocycles. The topological polar surface area (TPSA) is 89.2 Å². The zero-order chi connectivity index (χ0) is 23.9. The Bertz CT molecular complexity index is 1270. The Morgan fingerprint density at radius 3 is 2.47 bits per heavy atom. The lowest BCUT2D eigenvalue weighted by Crippen LogP contribution is -2.24. The second kappa shape index (κ2) is 11.1. The van der Waals surface area contributed by atoms with Crippen LogP contribution in [0.2, 0.25) is 5.02 Å². The zero-order valence-electron chi connectivity index (χ0n) is 18.5. The van der Waals surface area contributed by atoms with Gasteiger partial charge in [-0.2, -0.15) is 0 Å². The van der Waals surface area contributed by atoms with Gasteiger partial charge in [0.15, 0.2) is 5.16 Å². The van der Waals surface area contributed by atoms with Gasteiger partial charge in [0.2, 0.25) is 5.91 Å². The van der Waals surface area contributed by atoms with E-state index in [4.69, 9.17) is 16.0 Å². The maximum absolute atomic E-state index is 12.4. The highest BCUT2D eigenvalue weighted by Crippen LogP contribution is 2.21. The third kappa shape index (κ3) is 6.30. The molecule has 34 heavy (non-hydrogen) atoms. The van der Waals surface area contributed by atoms with E-state index in [0.29, 0.717) is 34.6 Å². The number of amides is 2. The second-order valence-electron chi connectivity index (χ2n) is 7.51. The number of imidazole rings is 1. The van der Waals surface area contributed by atoms with E-state index < -0.39 is 0 Å². The van der Waals surface area contributed by atoms with E-state index in [9.17, 15) is 9.59 Å². The first kappa shape index (κ1) is 23.7. The largest absolute Gasteiger partial charge is 0.465 e. The summed E-state index contributed by atoms with van der Waals surface area (Å²) in [6.07, 6.45) is 3.50. The number of nitrogens with zero attached hydrogens (tertiary/aromatic N) is 2. The lowest BCUT2D eigenvalue weighted by Gasteiger charge is -2.09. The van der Waals surface area contributed by atoms with E-state index in [-0.39, 0.29) is 17.6 Å². The Labute approximate surface area is 206 Å². The molecule has 0 aliphatic heterocycles. The van der Waals surface area contributed by atoms with Crippen LogP contribution >= 0.6 is 23.4 Å². The fourth-order valence-electron chi connectivity index (χ4n) is 3.20. The maximum atomic E-state index is 12.4. The van der Waals surface area contributed by atoms with Gasteiger partial charge in [-0.05, 0) is 61.0 Å². The molecule has 0 bridgehead atoms. The summed E-state index contributed by atoms with van der Waals surface area (Å²) in [5, 5.41) is 7.09. The molecule has 0 atom stereocenters. The summed E-state index contributed by atoms with van der Waals surface area (Å²) in [4.78, 5) is 29.0. The summed E-state index contributed by atoms with van der Waals surface area (Å²) >= 11 is 7.23. The first-order valence-corrected chi connectivity index (χ1v) is 12.0. The Morgan fingerprint density at radius 2 is 1.76 bits per heavy atom. The minimum absolute atomic E-state index is 0.0896. The fourth-order valence-corrected chi connectivity index (χ4v) is 4.13. The molecule has 0 aliphatic rings. The number of hydrogen-bond acceptors (Lipinski definition) is 5. The molecule has 0 radical (unpaired) electrons. The highest BCUT2D eigenvalue weighted by molar-refractivity contribution is 7.99. The number of halogens is 1. The van der Waals surface area contributed by atoms with E-state index in [0.717, 1.165) is 17.0 Å². The Hall–Kier alpha value is -3.49. The van der Waals surface area contributed by atoms with Gasteiger partial charge in [-0.25, -0.2) is 4.98 Å². The van der Waals surface area contributed by atoms with Gasteiger partial charge < -0.3 is 15.1 Å². The predicted molar refractivity (Wildman–Crippen MR) is 132 cm³/mol. The molecule has 9 heteroatoms. The highest BCUT2D eigenvalue weighted by atomic mass is 35.5. The molecule has 7 nitrogen and oxygen atoms in total. The summed E-state index contributed by atoms with van der Waals surface area (Å²) < 4.78 is 7.35. The number of rotatable bonds is 9. The van der Waals surface area contributed by atoms with Crippen molar-refractivity contribution in [3.8, 4) is 5.69 Å². The number of carbonyl (C=O) groups excluding carboxylic acids is 2. The van der Waals surface area contributed by atoms with Gasteiger partial charge in [0, 0.05) is 35.2 Å². The summed E-state index contributed by atoms with van der Waals surface area (Å²) in [5.41, 5.74) is 2.37. The summed E-state index contributed by atoms with van der Waals surface area (Å²) in [5.74, 6) is 1.48. The van der Waals surface area contributed by atoms with Crippen LogP contribution in [-0.4, -0.2) is 27.1 Å². The number of hydrogen-bond donors (Lipinski definition) is 2. The maximum Gasteiger partial charge on any atom is 0.251 e. The van der Waals surface area contributed by atoms with E-state index in [2.05, 4.69) is 15.6 Å².